The van der Waals surface area contributed by atoms with Gasteiger partial charge in [-0.15, -0.1) is 0 Å². The van der Waals surface area contributed by atoms with Crippen LogP contribution in [0.15, 0.2) is 17.3 Å². The average Bonchev–Trinajstić information content (AvgIpc) is 3.04. The number of ether oxygens (including phenoxy) is 1. The van der Waals surface area contributed by atoms with Crippen LogP contribution >= 0.6 is 0 Å². The summed E-state index contributed by atoms with van der Waals surface area (Å²) in [5.41, 5.74) is 0.763. The van der Waals surface area contributed by atoms with Gasteiger partial charge in [-0.25, -0.2) is 14.4 Å². The van der Waals surface area contributed by atoms with Crippen LogP contribution in [0.4, 0.5) is 0 Å². The molecule has 0 atom stereocenters. The molecule has 0 radical (unpaired) electrons. The molecule has 3 rings (SSSR count). The van der Waals surface area contributed by atoms with Gasteiger partial charge in [-0.2, -0.15) is 0 Å². The van der Waals surface area contributed by atoms with Crippen LogP contribution in [-0.4, -0.2) is 47.3 Å². The minimum Gasteiger partial charge on any atom is -0.394 e. The summed E-state index contributed by atoms with van der Waals surface area (Å²) in [6.45, 7) is 0.00448. The molecule has 3 aromatic rings. The zero-order valence-electron chi connectivity index (χ0n) is 10.5. The molecule has 0 fully saturated rings. The maximum Gasteiger partial charge on any atom is 0.287 e. The van der Waals surface area contributed by atoms with E-state index in [2.05, 4.69) is 15.0 Å². The summed E-state index contributed by atoms with van der Waals surface area (Å²) in [4.78, 5) is 23.4. The normalized spacial score (nSPS) is 11.7. The minimum atomic E-state index is -0.351. The maximum absolute atomic E-state index is 12.3. The number of hydrogen-bond acceptors (Lipinski definition) is 6. The number of aromatic nitrogens is 5. The van der Waals surface area contributed by atoms with E-state index < -0.39 is 0 Å². The zero-order valence-corrected chi connectivity index (χ0v) is 10.5. The molecule has 20 heavy (non-hydrogen) atoms. The first-order valence-corrected chi connectivity index (χ1v) is 5.99. The summed E-state index contributed by atoms with van der Waals surface area (Å²) in [5.74, 6) is 0.329. The molecular weight excluding hydrogens is 266 g/mol. The lowest BCUT2D eigenvalue weighted by Crippen LogP contribution is -2.17. The quantitative estimate of drug-likeness (QED) is 0.507. The first-order valence-electron chi connectivity index (χ1n) is 5.99. The number of hydrogen-bond donors (Lipinski definition) is 3. The number of rotatable bonds is 5. The molecule has 106 valence electrons. The van der Waals surface area contributed by atoms with Crippen molar-refractivity contribution in [3.63, 3.8) is 0 Å². The van der Waals surface area contributed by atoms with Crippen molar-refractivity contribution in [2.24, 2.45) is 0 Å². The molecule has 0 amide bonds. The lowest BCUT2D eigenvalue weighted by molar-refractivity contribution is 0.0499. The molecule has 0 bridgehead atoms. The Hall–Kier alpha value is -2.23. The highest BCUT2D eigenvalue weighted by Crippen LogP contribution is 2.09. The third-order valence-electron chi connectivity index (χ3n) is 2.94. The predicted octanol–water partition coefficient (Wildman–Crippen LogP) is -1.17. The summed E-state index contributed by atoms with van der Waals surface area (Å²) in [5, 5.41) is 17.9. The average molecular weight is 279 g/mol. The van der Waals surface area contributed by atoms with E-state index in [4.69, 9.17) is 9.84 Å². The van der Waals surface area contributed by atoms with Gasteiger partial charge < -0.3 is 19.9 Å². The summed E-state index contributed by atoms with van der Waals surface area (Å²) in [6.07, 6.45) is 2.90. The number of aliphatic hydroxyl groups excluding tert-OH is 2. The zero-order chi connectivity index (χ0) is 14.1. The van der Waals surface area contributed by atoms with Crippen LogP contribution in [0.25, 0.3) is 16.9 Å². The maximum atomic E-state index is 12.3. The highest BCUT2D eigenvalue weighted by Gasteiger charge is 2.13. The number of imidazole rings is 2. The largest absolute Gasteiger partial charge is 0.394 e. The van der Waals surface area contributed by atoms with E-state index in [-0.39, 0.29) is 37.6 Å². The Morgan fingerprint density at radius 3 is 2.95 bits per heavy atom. The highest BCUT2D eigenvalue weighted by molar-refractivity contribution is 5.71. The van der Waals surface area contributed by atoms with Gasteiger partial charge in [0, 0.05) is 0 Å². The fraction of sp³-hybridized carbons (Fsp3) is 0.364. The van der Waals surface area contributed by atoms with Crippen LogP contribution in [0, 0.1) is 0 Å². The van der Waals surface area contributed by atoms with Crippen LogP contribution in [0.3, 0.4) is 0 Å². The van der Waals surface area contributed by atoms with E-state index in [0.717, 1.165) is 0 Å². The first-order chi connectivity index (χ1) is 9.76. The van der Waals surface area contributed by atoms with Crippen molar-refractivity contribution in [3.05, 3.63) is 28.6 Å². The summed E-state index contributed by atoms with van der Waals surface area (Å²) in [7, 11) is 0. The summed E-state index contributed by atoms with van der Waals surface area (Å²) < 4.78 is 8.09. The van der Waals surface area contributed by atoms with Crippen LogP contribution in [0.5, 0.6) is 0 Å². The third kappa shape index (κ3) is 1.88. The van der Waals surface area contributed by atoms with Crippen molar-refractivity contribution in [2.45, 2.75) is 13.3 Å². The van der Waals surface area contributed by atoms with Gasteiger partial charge in [-0.05, 0) is 0 Å². The van der Waals surface area contributed by atoms with Gasteiger partial charge in [0.2, 0.25) is 5.78 Å². The molecule has 9 nitrogen and oxygen atoms in total. The molecule has 3 N–H and O–H groups in total. The topological polar surface area (TPSA) is 118 Å². The Morgan fingerprint density at radius 2 is 2.20 bits per heavy atom. The molecule has 0 saturated carbocycles. The summed E-state index contributed by atoms with van der Waals surface area (Å²) in [6, 6.07) is 0. The van der Waals surface area contributed by atoms with Crippen molar-refractivity contribution in [3.8, 4) is 0 Å². The van der Waals surface area contributed by atoms with Crippen LogP contribution in [0.2, 0.25) is 0 Å². The molecule has 3 aromatic heterocycles. The number of nitrogens with one attached hydrogen (secondary N) is 1. The van der Waals surface area contributed by atoms with Crippen LogP contribution in [0.1, 0.15) is 5.69 Å². The number of H-pyrrole nitrogens is 1. The van der Waals surface area contributed by atoms with E-state index >= 15 is 0 Å². The fourth-order valence-corrected chi connectivity index (χ4v) is 2.02. The van der Waals surface area contributed by atoms with Crippen LogP contribution in [-0.2, 0) is 18.1 Å². The van der Waals surface area contributed by atoms with Gasteiger partial charge in [0.05, 0.1) is 38.0 Å². The molecule has 0 saturated heterocycles. The van der Waals surface area contributed by atoms with Gasteiger partial charge in [-0.1, -0.05) is 0 Å². The van der Waals surface area contributed by atoms with Gasteiger partial charge in [0.15, 0.2) is 5.52 Å². The van der Waals surface area contributed by atoms with Gasteiger partial charge in [0.25, 0.3) is 5.56 Å². The second-order valence-corrected chi connectivity index (χ2v) is 4.17. The second kappa shape index (κ2) is 5.04. The molecule has 0 aliphatic rings. The van der Waals surface area contributed by atoms with Gasteiger partial charge in [0.1, 0.15) is 12.4 Å². The number of fused-ring (bicyclic) bond motifs is 2. The van der Waals surface area contributed by atoms with E-state index in [1.165, 1.54) is 16.9 Å². The number of nitrogens with zero attached hydrogens (tertiary/aromatic N) is 4. The Morgan fingerprint density at radius 1 is 1.35 bits per heavy atom. The molecule has 0 aromatic carbocycles. The third-order valence-corrected chi connectivity index (χ3v) is 2.94. The van der Waals surface area contributed by atoms with Crippen molar-refractivity contribution < 1.29 is 14.9 Å². The van der Waals surface area contributed by atoms with E-state index in [1.807, 2.05) is 0 Å². The van der Waals surface area contributed by atoms with Gasteiger partial charge in [-0.3, -0.25) is 9.36 Å². The SMILES string of the molecule is O=c1c2ncn(COCCO)c2[nH]c2ncc(CO)n12. The summed E-state index contributed by atoms with van der Waals surface area (Å²) >= 11 is 0. The monoisotopic (exact) mass is 279 g/mol. The first kappa shape index (κ1) is 12.8. The lowest BCUT2D eigenvalue weighted by Gasteiger charge is -2.05. The standard InChI is InChI=1S/C11H13N5O4/c17-1-2-20-6-15-5-13-8-9(15)14-11-12-3-7(4-18)16(11)10(8)19/h3,5,17-18H,1-2,4,6H2,(H,12,14). The van der Waals surface area contributed by atoms with Crippen molar-refractivity contribution in [2.75, 3.05) is 13.2 Å². The van der Waals surface area contributed by atoms with Crippen molar-refractivity contribution in [1.82, 2.24) is 23.9 Å². The number of aliphatic hydroxyl groups is 2. The van der Waals surface area contributed by atoms with Crippen molar-refractivity contribution >= 4 is 16.9 Å². The van der Waals surface area contributed by atoms with Crippen LogP contribution < -0.4 is 5.56 Å². The number of aromatic amines is 1. The smallest absolute Gasteiger partial charge is 0.287 e. The van der Waals surface area contributed by atoms with E-state index in [0.29, 0.717) is 17.1 Å². The molecule has 9 heteroatoms. The molecule has 0 aliphatic heterocycles. The Balaban J connectivity index is 2.14. The molecule has 0 aliphatic carbocycles. The predicted molar refractivity (Wildman–Crippen MR) is 68.1 cm³/mol. The Kier molecular flexibility index (Phi) is 3.22. The Labute approximate surface area is 112 Å². The molecule has 0 spiro atoms. The van der Waals surface area contributed by atoms with E-state index in [9.17, 15) is 9.90 Å². The van der Waals surface area contributed by atoms with Crippen molar-refractivity contribution in [1.29, 1.82) is 0 Å². The molecule has 3 heterocycles. The molecular formula is C11H13N5O4. The van der Waals surface area contributed by atoms with E-state index in [1.54, 1.807) is 4.57 Å². The molecule has 0 unspecified atom stereocenters. The van der Waals surface area contributed by atoms with Gasteiger partial charge >= 0.3 is 0 Å². The fourth-order valence-electron chi connectivity index (χ4n) is 2.02. The minimum absolute atomic E-state index is 0.0759. The second-order valence-electron chi connectivity index (χ2n) is 4.17. The Bertz CT molecular complexity index is 802. The highest BCUT2D eigenvalue weighted by atomic mass is 16.5. The lowest BCUT2D eigenvalue weighted by atomic mass is 10.5.